The molecule has 5 nitrogen and oxygen atoms in total. The molecule has 0 amide bonds. The van der Waals surface area contributed by atoms with Crippen molar-refractivity contribution >= 4 is 22.0 Å². The van der Waals surface area contributed by atoms with Crippen LogP contribution in [0.4, 0.5) is 0 Å². The first kappa shape index (κ1) is 14.1. The molecule has 0 atom stereocenters. The summed E-state index contributed by atoms with van der Waals surface area (Å²) in [5.41, 5.74) is 1.14. The second-order valence-corrected chi connectivity index (χ2v) is 6.36. The molecular formula is C12H15N3O2S2. The molecule has 0 radical (unpaired) electrons. The summed E-state index contributed by atoms with van der Waals surface area (Å²) in [6, 6.07) is 7.98. The van der Waals surface area contributed by atoms with Crippen molar-refractivity contribution in [3.8, 4) is 0 Å². The number of nitrogens with one attached hydrogen (secondary N) is 1. The second kappa shape index (κ2) is 6.23. The molecule has 0 aliphatic rings. The van der Waals surface area contributed by atoms with E-state index in [9.17, 15) is 8.42 Å². The van der Waals surface area contributed by atoms with E-state index in [1.54, 1.807) is 11.8 Å². The van der Waals surface area contributed by atoms with Crippen LogP contribution < -0.4 is 4.72 Å². The van der Waals surface area contributed by atoms with Gasteiger partial charge >= 0.3 is 10.2 Å². The van der Waals surface area contributed by atoms with E-state index < -0.39 is 10.2 Å². The molecule has 1 aromatic carbocycles. The highest BCUT2D eigenvalue weighted by atomic mass is 32.2. The lowest BCUT2D eigenvalue weighted by molar-refractivity contribution is 0.572. The monoisotopic (exact) mass is 297 g/mol. The number of rotatable bonds is 6. The quantitative estimate of drug-likeness (QED) is 0.821. The van der Waals surface area contributed by atoms with Crippen LogP contribution in [0.1, 0.15) is 5.56 Å². The van der Waals surface area contributed by atoms with E-state index in [4.69, 9.17) is 0 Å². The van der Waals surface area contributed by atoms with Gasteiger partial charge in [-0.2, -0.15) is 13.1 Å². The number of thioether (sulfide) groups is 1. The Hall–Kier alpha value is -1.31. The van der Waals surface area contributed by atoms with Crippen LogP contribution in [-0.4, -0.2) is 30.2 Å². The Balaban J connectivity index is 1.97. The first-order chi connectivity index (χ1) is 9.13. The lowest BCUT2D eigenvalue weighted by Gasteiger charge is -2.09. The van der Waals surface area contributed by atoms with Gasteiger partial charge in [0.15, 0.2) is 0 Å². The largest absolute Gasteiger partial charge is 0.306 e. The van der Waals surface area contributed by atoms with E-state index in [2.05, 4.69) is 9.71 Å². The molecule has 0 fully saturated rings. The Morgan fingerprint density at radius 3 is 2.84 bits per heavy atom. The third kappa shape index (κ3) is 3.59. The van der Waals surface area contributed by atoms with Crippen LogP contribution in [0.2, 0.25) is 0 Å². The van der Waals surface area contributed by atoms with E-state index in [1.807, 2.05) is 30.5 Å². The minimum atomic E-state index is -3.51. The second-order valence-electron chi connectivity index (χ2n) is 3.85. The zero-order valence-corrected chi connectivity index (χ0v) is 12.1. The van der Waals surface area contributed by atoms with Gasteiger partial charge in [0.25, 0.3) is 0 Å². The summed E-state index contributed by atoms with van der Waals surface area (Å²) < 4.78 is 27.3. The van der Waals surface area contributed by atoms with Gasteiger partial charge in [-0.3, -0.25) is 0 Å². The summed E-state index contributed by atoms with van der Waals surface area (Å²) in [6.45, 7) is 0.359. The molecular weight excluding hydrogens is 282 g/mol. The van der Waals surface area contributed by atoms with Gasteiger partial charge in [0.05, 0.1) is 0 Å². The molecule has 0 unspecified atom stereocenters. The summed E-state index contributed by atoms with van der Waals surface area (Å²) in [7, 11) is -3.51. The molecule has 0 aliphatic heterocycles. The standard InChI is InChI=1S/C12H15N3O2S2/c1-18-12-5-3-2-4-11(12)6-7-14-19(16,17)15-9-8-13-10-15/h2-5,8-10,14H,6-7H2,1H3. The molecule has 0 spiro atoms. The lowest BCUT2D eigenvalue weighted by Crippen LogP contribution is -2.30. The molecule has 1 aromatic heterocycles. The maximum absolute atomic E-state index is 11.8. The first-order valence-corrected chi connectivity index (χ1v) is 8.40. The maximum Gasteiger partial charge on any atom is 0.306 e. The van der Waals surface area contributed by atoms with E-state index in [0.29, 0.717) is 13.0 Å². The van der Waals surface area contributed by atoms with Gasteiger partial charge in [-0.15, -0.1) is 11.8 Å². The number of nitrogens with zero attached hydrogens (tertiary/aromatic N) is 2. The van der Waals surface area contributed by atoms with E-state index in [-0.39, 0.29) is 0 Å². The van der Waals surface area contributed by atoms with Gasteiger partial charge in [-0.1, -0.05) is 18.2 Å². The summed E-state index contributed by atoms with van der Waals surface area (Å²) >= 11 is 1.66. The molecule has 0 saturated carbocycles. The third-order valence-electron chi connectivity index (χ3n) is 2.63. The molecule has 2 aromatic rings. The summed E-state index contributed by atoms with van der Waals surface area (Å²) in [5.74, 6) is 0. The van der Waals surface area contributed by atoms with Crippen LogP contribution in [0, 0.1) is 0 Å². The third-order valence-corrected chi connectivity index (χ3v) is 4.81. The van der Waals surface area contributed by atoms with Crippen molar-refractivity contribution in [3.63, 3.8) is 0 Å². The average Bonchev–Trinajstić information content (AvgIpc) is 2.94. The van der Waals surface area contributed by atoms with Crippen LogP contribution >= 0.6 is 11.8 Å². The van der Waals surface area contributed by atoms with Gasteiger partial charge < -0.3 is 0 Å². The van der Waals surface area contributed by atoms with Crippen LogP contribution in [0.15, 0.2) is 47.9 Å². The van der Waals surface area contributed by atoms with E-state index >= 15 is 0 Å². The van der Waals surface area contributed by atoms with E-state index in [1.165, 1.54) is 23.6 Å². The Morgan fingerprint density at radius 2 is 2.16 bits per heavy atom. The van der Waals surface area contributed by atoms with Crippen LogP contribution in [0.5, 0.6) is 0 Å². The Bertz CT molecular complexity index is 624. The number of aromatic nitrogens is 2. The number of hydrogen-bond donors (Lipinski definition) is 1. The van der Waals surface area contributed by atoms with Crippen molar-refractivity contribution in [2.45, 2.75) is 11.3 Å². The van der Waals surface area contributed by atoms with E-state index in [0.717, 1.165) is 9.54 Å². The fourth-order valence-corrected chi connectivity index (χ4v) is 3.24. The Labute approximate surface area is 117 Å². The van der Waals surface area contributed by atoms with Gasteiger partial charge in [0.1, 0.15) is 6.33 Å². The molecule has 0 aliphatic carbocycles. The van der Waals surface area contributed by atoms with Crippen molar-refractivity contribution < 1.29 is 8.42 Å². The fraction of sp³-hybridized carbons (Fsp3) is 0.250. The predicted octanol–water partition coefficient (Wildman–Crippen LogP) is 1.53. The molecule has 0 saturated heterocycles. The summed E-state index contributed by atoms with van der Waals surface area (Å²) in [4.78, 5) is 4.89. The SMILES string of the molecule is CSc1ccccc1CCNS(=O)(=O)n1ccnc1. The topological polar surface area (TPSA) is 64.0 Å². The minimum Gasteiger partial charge on any atom is -0.244 e. The average molecular weight is 297 g/mol. The number of imidazole rings is 1. The summed E-state index contributed by atoms with van der Waals surface area (Å²) in [6.07, 6.45) is 6.76. The van der Waals surface area contributed by atoms with Crippen molar-refractivity contribution in [2.24, 2.45) is 0 Å². The lowest BCUT2D eigenvalue weighted by atomic mass is 10.1. The Morgan fingerprint density at radius 1 is 1.37 bits per heavy atom. The van der Waals surface area contributed by atoms with Crippen LogP contribution in [-0.2, 0) is 16.6 Å². The predicted molar refractivity (Wildman–Crippen MR) is 76.5 cm³/mol. The molecule has 2 rings (SSSR count). The van der Waals surface area contributed by atoms with Crippen molar-refractivity contribution in [3.05, 3.63) is 48.5 Å². The Kier molecular flexibility index (Phi) is 4.62. The molecule has 1 N–H and O–H groups in total. The maximum atomic E-state index is 11.8. The molecule has 1 heterocycles. The van der Waals surface area contributed by atoms with Gasteiger partial charge in [-0.05, 0) is 24.3 Å². The first-order valence-electron chi connectivity index (χ1n) is 5.73. The molecule has 0 bridgehead atoms. The highest BCUT2D eigenvalue weighted by Crippen LogP contribution is 2.19. The zero-order chi connectivity index (χ0) is 13.7. The smallest absolute Gasteiger partial charge is 0.244 e. The molecule has 7 heteroatoms. The van der Waals surface area contributed by atoms with Gasteiger partial charge in [0.2, 0.25) is 0 Å². The number of hydrogen-bond acceptors (Lipinski definition) is 4. The minimum absolute atomic E-state index is 0.359. The molecule has 102 valence electrons. The number of benzene rings is 1. The fourth-order valence-electron chi connectivity index (χ4n) is 1.69. The normalized spacial score (nSPS) is 11.6. The van der Waals surface area contributed by atoms with Gasteiger partial charge in [0, 0.05) is 23.8 Å². The van der Waals surface area contributed by atoms with Crippen LogP contribution in [0.25, 0.3) is 0 Å². The summed E-state index contributed by atoms with van der Waals surface area (Å²) in [5, 5.41) is 0. The highest BCUT2D eigenvalue weighted by molar-refractivity contribution is 7.98. The highest BCUT2D eigenvalue weighted by Gasteiger charge is 2.11. The molecule has 19 heavy (non-hydrogen) atoms. The van der Waals surface area contributed by atoms with Crippen molar-refractivity contribution in [2.75, 3.05) is 12.8 Å². The van der Waals surface area contributed by atoms with Crippen LogP contribution in [0.3, 0.4) is 0 Å². The van der Waals surface area contributed by atoms with Crippen molar-refractivity contribution in [1.29, 1.82) is 0 Å². The zero-order valence-electron chi connectivity index (χ0n) is 10.5. The van der Waals surface area contributed by atoms with Crippen molar-refractivity contribution in [1.82, 2.24) is 13.7 Å². The van der Waals surface area contributed by atoms with Gasteiger partial charge in [-0.25, -0.2) is 8.96 Å².